The predicted molar refractivity (Wildman–Crippen MR) is 73.8 cm³/mol. The first kappa shape index (κ1) is 13.1. The molecule has 0 bridgehead atoms. The van der Waals surface area contributed by atoms with E-state index < -0.39 is 23.2 Å². The third kappa shape index (κ3) is 2.55. The van der Waals surface area contributed by atoms with E-state index >= 15 is 0 Å². The summed E-state index contributed by atoms with van der Waals surface area (Å²) in [6, 6.07) is 10.2. The number of para-hydroxylation sites is 1. The first-order chi connectivity index (χ1) is 10.1. The molecular formula is C15H9F2N3O. The molecular weight excluding hydrogens is 276 g/mol. The number of amides is 1. The van der Waals surface area contributed by atoms with Crippen molar-refractivity contribution < 1.29 is 13.6 Å². The number of hydrogen-bond donors (Lipinski definition) is 1. The van der Waals surface area contributed by atoms with Crippen LogP contribution >= 0.6 is 0 Å². The van der Waals surface area contributed by atoms with Crippen LogP contribution in [0.2, 0.25) is 0 Å². The zero-order valence-corrected chi connectivity index (χ0v) is 10.7. The number of pyridine rings is 2. The normalized spacial score (nSPS) is 10.6. The number of anilines is 1. The molecule has 0 saturated heterocycles. The van der Waals surface area contributed by atoms with Crippen LogP contribution in [0.4, 0.5) is 14.5 Å². The van der Waals surface area contributed by atoms with E-state index in [0.717, 1.165) is 23.2 Å². The molecule has 0 radical (unpaired) electrons. The van der Waals surface area contributed by atoms with E-state index in [1.165, 1.54) is 6.20 Å². The van der Waals surface area contributed by atoms with Gasteiger partial charge in [-0.3, -0.25) is 9.78 Å². The third-order valence-corrected chi connectivity index (χ3v) is 2.94. The van der Waals surface area contributed by atoms with Crippen molar-refractivity contribution in [2.75, 3.05) is 5.32 Å². The second-order valence-corrected chi connectivity index (χ2v) is 4.33. The number of carbonyl (C=O) groups excluding carboxylic acids is 1. The second-order valence-electron chi connectivity index (χ2n) is 4.33. The molecule has 1 amide bonds. The van der Waals surface area contributed by atoms with Crippen molar-refractivity contribution in [2.45, 2.75) is 0 Å². The summed E-state index contributed by atoms with van der Waals surface area (Å²) in [4.78, 5) is 19.3. The topological polar surface area (TPSA) is 54.9 Å². The molecule has 21 heavy (non-hydrogen) atoms. The first-order valence-electron chi connectivity index (χ1n) is 6.11. The summed E-state index contributed by atoms with van der Waals surface area (Å²) in [5.74, 6) is -3.34. The largest absolute Gasteiger partial charge is 0.320 e. The standard InChI is InChI=1S/C15H9F2N3O/c16-13-11(5-6-18-14(13)17)15(21)20-10-7-9-3-1-2-4-12(9)19-8-10/h1-8H,(H,20,21). The van der Waals surface area contributed by atoms with Gasteiger partial charge in [0, 0.05) is 11.6 Å². The van der Waals surface area contributed by atoms with Crippen molar-refractivity contribution in [1.82, 2.24) is 9.97 Å². The molecule has 0 aliphatic heterocycles. The van der Waals surface area contributed by atoms with Gasteiger partial charge in [0.2, 0.25) is 5.95 Å². The molecule has 2 heterocycles. The lowest BCUT2D eigenvalue weighted by atomic mass is 10.2. The van der Waals surface area contributed by atoms with Crippen molar-refractivity contribution in [3.8, 4) is 0 Å². The molecule has 1 aromatic carbocycles. The van der Waals surface area contributed by atoms with Crippen LogP contribution in [0.15, 0.2) is 48.8 Å². The van der Waals surface area contributed by atoms with Gasteiger partial charge in [0.25, 0.3) is 5.91 Å². The van der Waals surface area contributed by atoms with Crippen LogP contribution < -0.4 is 5.32 Å². The maximum Gasteiger partial charge on any atom is 0.258 e. The van der Waals surface area contributed by atoms with Crippen molar-refractivity contribution >= 4 is 22.5 Å². The Labute approximate surface area is 118 Å². The van der Waals surface area contributed by atoms with Gasteiger partial charge in [-0.05, 0) is 18.2 Å². The van der Waals surface area contributed by atoms with Crippen molar-refractivity contribution in [3.63, 3.8) is 0 Å². The van der Waals surface area contributed by atoms with Gasteiger partial charge in [0.1, 0.15) is 0 Å². The molecule has 6 heteroatoms. The van der Waals surface area contributed by atoms with Gasteiger partial charge < -0.3 is 5.32 Å². The van der Waals surface area contributed by atoms with Crippen LogP contribution in [0.5, 0.6) is 0 Å². The molecule has 1 N–H and O–H groups in total. The molecule has 4 nitrogen and oxygen atoms in total. The minimum atomic E-state index is -1.31. The number of halogens is 2. The van der Waals surface area contributed by atoms with Gasteiger partial charge in [0.15, 0.2) is 5.82 Å². The molecule has 0 aliphatic carbocycles. The Morgan fingerprint density at radius 2 is 1.90 bits per heavy atom. The first-order valence-corrected chi connectivity index (χ1v) is 6.11. The highest BCUT2D eigenvalue weighted by molar-refractivity contribution is 6.05. The fraction of sp³-hybridized carbons (Fsp3) is 0. The summed E-state index contributed by atoms with van der Waals surface area (Å²) >= 11 is 0. The van der Waals surface area contributed by atoms with Crippen LogP contribution in [0.3, 0.4) is 0 Å². The number of nitrogens with zero attached hydrogens (tertiary/aromatic N) is 2. The molecule has 0 saturated carbocycles. The molecule has 0 spiro atoms. The Bertz CT molecular complexity index is 836. The van der Waals surface area contributed by atoms with E-state index in [0.29, 0.717) is 5.69 Å². The summed E-state index contributed by atoms with van der Waals surface area (Å²) in [6.07, 6.45) is 2.49. The second kappa shape index (κ2) is 5.24. The number of fused-ring (bicyclic) bond motifs is 1. The maximum atomic E-state index is 13.5. The van der Waals surface area contributed by atoms with E-state index in [1.807, 2.05) is 24.3 Å². The predicted octanol–water partition coefficient (Wildman–Crippen LogP) is 3.16. The van der Waals surface area contributed by atoms with E-state index in [2.05, 4.69) is 15.3 Å². The maximum absolute atomic E-state index is 13.5. The van der Waals surface area contributed by atoms with Crippen molar-refractivity contribution in [3.05, 3.63) is 66.1 Å². The number of benzene rings is 1. The van der Waals surface area contributed by atoms with E-state index in [9.17, 15) is 13.6 Å². The number of hydrogen-bond acceptors (Lipinski definition) is 3. The summed E-state index contributed by atoms with van der Waals surface area (Å²) in [5.41, 5.74) is 0.766. The average Bonchev–Trinajstić information content (AvgIpc) is 2.50. The Balaban J connectivity index is 1.91. The Morgan fingerprint density at radius 1 is 1.10 bits per heavy atom. The molecule has 104 valence electrons. The minimum absolute atomic E-state index is 0.398. The van der Waals surface area contributed by atoms with E-state index in [-0.39, 0.29) is 0 Å². The Morgan fingerprint density at radius 3 is 2.76 bits per heavy atom. The highest BCUT2D eigenvalue weighted by Gasteiger charge is 2.16. The molecule has 0 fully saturated rings. The van der Waals surface area contributed by atoms with Crippen LogP contribution in [-0.4, -0.2) is 15.9 Å². The quantitative estimate of drug-likeness (QED) is 0.736. The molecule has 3 rings (SSSR count). The number of rotatable bonds is 2. The van der Waals surface area contributed by atoms with Crippen molar-refractivity contribution in [1.29, 1.82) is 0 Å². The van der Waals surface area contributed by atoms with Gasteiger partial charge in [-0.15, -0.1) is 0 Å². The van der Waals surface area contributed by atoms with Gasteiger partial charge in [-0.1, -0.05) is 18.2 Å². The summed E-state index contributed by atoms with van der Waals surface area (Å²) in [5, 5.41) is 3.31. The lowest BCUT2D eigenvalue weighted by Crippen LogP contribution is -2.15. The molecule has 0 unspecified atom stereocenters. The van der Waals surface area contributed by atoms with Gasteiger partial charge in [-0.25, -0.2) is 9.37 Å². The third-order valence-electron chi connectivity index (χ3n) is 2.94. The van der Waals surface area contributed by atoms with Crippen LogP contribution in [0, 0.1) is 11.8 Å². The minimum Gasteiger partial charge on any atom is -0.320 e. The van der Waals surface area contributed by atoms with Gasteiger partial charge in [0.05, 0.1) is 23.0 Å². The highest BCUT2D eigenvalue weighted by Crippen LogP contribution is 2.17. The van der Waals surface area contributed by atoms with Gasteiger partial charge >= 0.3 is 0 Å². The lowest BCUT2D eigenvalue weighted by molar-refractivity contribution is 0.102. The number of nitrogens with one attached hydrogen (secondary N) is 1. The summed E-state index contributed by atoms with van der Waals surface area (Å²) < 4.78 is 26.5. The fourth-order valence-corrected chi connectivity index (χ4v) is 1.93. The fourth-order valence-electron chi connectivity index (χ4n) is 1.93. The van der Waals surface area contributed by atoms with E-state index in [4.69, 9.17) is 0 Å². The Kier molecular flexibility index (Phi) is 3.27. The zero-order chi connectivity index (χ0) is 14.8. The number of carbonyl (C=O) groups is 1. The molecule has 3 aromatic rings. The number of aromatic nitrogens is 2. The van der Waals surface area contributed by atoms with Crippen LogP contribution in [0.25, 0.3) is 10.9 Å². The lowest BCUT2D eigenvalue weighted by Gasteiger charge is -2.07. The molecule has 0 atom stereocenters. The smallest absolute Gasteiger partial charge is 0.258 e. The monoisotopic (exact) mass is 285 g/mol. The summed E-state index contributed by atoms with van der Waals surface area (Å²) in [6.45, 7) is 0. The summed E-state index contributed by atoms with van der Waals surface area (Å²) in [7, 11) is 0. The van der Waals surface area contributed by atoms with Crippen LogP contribution in [-0.2, 0) is 0 Å². The van der Waals surface area contributed by atoms with Crippen molar-refractivity contribution in [2.24, 2.45) is 0 Å². The van der Waals surface area contributed by atoms with Crippen LogP contribution in [0.1, 0.15) is 10.4 Å². The van der Waals surface area contributed by atoms with E-state index in [1.54, 1.807) is 6.07 Å². The SMILES string of the molecule is O=C(Nc1cnc2ccccc2c1)c1ccnc(F)c1F. The molecule has 2 aromatic heterocycles. The zero-order valence-electron chi connectivity index (χ0n) is 10.7. The van der Waals surface area contributed by atoms with Gasteiger partial charge in [-0.2, -0.15) is 4.39 Å². The molecule has 0 aliphatic rings. The highest BCUT2D eigenvalue weighted by atomic mass is 19.2. The Hall–Kier alpha value is -2.89. The average molecular weight is 285 g/mol.